The fourth-order valence-corrected chi connectivity index (χ4v) is 5.84. The summed E-state index contributed by atoms with van der Waals surface area (Å²) < 4.78 is 29.1. The summed E-state index contributed by atoms with van der Waals surface area (Å²) in [5.41, 5.74) is 6.90. The molecule has 2 heterocycles. The molecule has 1 fully saturated rings. The van der Waals surface area contributed by atoms with Crippen LogP contribution in [0.5, 0.6) is 0 Å². The lowest BCUT2D eigenvalue weighted by Gasteiger charge is -2.38. The minimum absolute atomic E-state index is 0.304. The molecule has 0 spiro atoms. The second-order valence-electron chi connectivity index (χ2n) is 6.82. The molecular formula is C16H23N3O3S. The van der Waals surface area contributed by atoms with Gasteiger partial charge in [-0.05, 0) is 29.9 Å². The number of rotatable bonds is 3. The van der Waals surface area contributed by atoms with Crippen LogP contribution in [-0.2, 0) is 21.4 Å². The molecule has 7 heteroatoms. The first-order valence-corrected chi connectivity index (χ1v) is 9.37. The van der Waals surface area contributed by atoms with Gasteiger partial charge in [-0.1, -0.05) is 32.0 Å². The lowest BCUT2D eigenvalue weighted by molar-refractivity contribution is -0.118. The molecule has 1 saturated heterocycles. The molecule has 0 saturated carbocycles. The van der Waals surface area contributed by atoms with E-state index in [4.69, 9.17) is 5.73 Å². The van der Waals surface area contributed by atoms with Crippen LogP contribution in [0.2, 0.25) is 0 Å². The summed E-state index contributed by atoms with van der Waals surface area (Å²) in [6, 6.07) is 6.38. The van der Waals surface area contributed by atoms with Gasteiger partial charge in [-0.25, -0.2) is 4.31 Å². The second kappa shape index (κ2) is 5.79. The molecule has 1 aromatic carbocycles. The third-order valence-electron chi connectivity index (χ3n) is 4.66. The minimum atomic E-state index is -3.77. The Morgan fingerprint density at radius 1 is 1.17 bits per heavy atom. The molecule has 0 bridgehead atoms. The number of piperidine rings is 1. The lowest BCUT2D eigenvalue weighted by atomic mass is 9.94. The normalized spacial score (nSPS) is 28.6. The third kappa shape index (κ3) is 2.83. The Kier molecular flexibility index (Phi) is 4.10. The van der Waals surface area contributed by atoms with E-state index in [1.54, 1.807) is 12.1 Å². The van der Waals surface area contributed by atoms with E-state index in [0.29, 0.717) is 37.0 Å². The van der Waals surface area contributed by atoms with Gasteiger partial charge in [0.05, 0.1) is 5.69 Å². The molecule has 23 heavy (non-hydrogen) atoms. The van der Waals surface area contributed by atoms with Gasteiger partial charge in [0, 0.05) is 19.5 Å². The van der Waals surface area contributed by atoms with Crippen molar-refractivity contribution in [2.45, 2.75) is 32.7 Å². The van der Waals surface area contributed by atoms with Crippen LogP contribution < -0.4 is 10.0 Å². The predicted octanol–water partition coefficient (Wildman–Crippen LogP) is 1.13. The average Bonchev–Trinajstić information content (AvgIpc) is 2.86. The zero-order valence-electron chi connectivity index (χ0n) is 13.5. The average molecular weight is 337 g/mol. The maximum absolute atomic E-state index is 13.2. The number of para-hydroxylation sites is 1. The van der Waals surface area contributed by atoms with Crippen molar-refractivity contribution in [3.05, 3.63) is 29.8 Å². The number of carbonyl (C=O) groups is 1. The Hall–Kier alpha value is -1.60. The van der Waals surface area contributed by atoms with Gasteiger partial charge in [-0.15, -0.1) is 0 Å². The summed E-state index contributed by atoms with van der Waals surface area (Å²) in [5, 5.41) is 0. The van der Waals surface area contributed by atoms with Gasteiger partial charge >= 0.3 is 10.2 Å². The van der Waals surface area contributed by atoms with Crippen LogP contribution in [0, 0.1) is 11.8 Å². The van der Waals surface area contributed by atoms with E-state index in [-0.39, 0.29) is 0 Å². The quantitative estimate of drug-likeness (QED) is 0.897. The Labute approximate surface area is 137 Å². The molecule has 0 aromatic heterocycles. The molecule has 2 aliphatic heterocycles. The Balaban J connectivity index is 2.01. The summed E-state index contributed by atoms with van der Waals surface area (Å²) in [5.74, 6) is -0.000295. The van der Waals surface area contributed by atoms with Crippen LogP contribution in [0.1, 0.15) is 25.8 Å². The van der Waals surface area contributed by atoms with Crippen molar-refractivity contribution in [1.82, 2.24) is 4.31 Å². The second-order valence-corrected chi connectivity index (χ2v) is 8.62. The number of fused-ring (bicyclic) bond motifs is 1. The smallest absolute Gasteiger partial charge is 0.304 e. The van der Waals surface area contributed by atoms with E-state index in [2.05, 4.69) is 13.8 Å². The van der Waals surface area contributed by atoms with Crippen molar-refractivity contribution in [2.75, 3.05) is 17.4 Å². The van der Waals surface area contributed by atoms with Crippen molar-refractivity contribution in [2.24, 2.45) is 17.6 Å². The maximum atomic E-state index is 13.2. The first kappa shape index (κ1) is 16.3. The third-order valence-corrected chi connectivity index (χ3v) is 6.56. The van der Waals surface area contributed by atoms with Crippen molar-refractivity contribution >= 4 is 21.8 Å². The SMILES string of the molecule is CC1CC(C)CN(S(=O)(=O)N2c3ccccc3C[C@H]2C(N)=O)C1. The number of anilines is 1. The number of benzene rings is 1. The molecule has 0 aliphatic carbocycles. The number of hydrogen-bond acceptors (Lipinski definition) is 3. The Morgan fingerprint density at radius 3 is 2.39 bits per heavy atom. The van der Waals surface area contributed by atoms with Gasteiger partial charge in [-0.3, -0.25) is 4.79 Å². The zero-order chi connectivity index (χ0) is 16.8. The Bertz CT molecular complexity index is 709. The Morgan fingerprint density at radius 2 is 1.78 bits per heavy atom. The van der Waals surface area contributed by atoms with Crippen LogP contribution >= 0.6 is 0 Å². The standard InChI is InChI=1S/C16H23N3O3S/c1-11-7-12(2)10-18(9-11)23(21,22)19-14-6-4-3-5-13(14)8-15(19)16(17)20/h3-6,11-12,15H,7-10H2,1-2H3,(H2,17,20)/t11?,12?,15-/m0/s1. The van der Waals surface area contributed by atoms with E-state index >= 15 is 0 Å². The summed E-state index contributed by atoms with van der Waals surface area (Å²) in [6.07, 6.45) is 1.35. The maximum Gasteiger partial charge on any atom is 0.304 e. The molecule has 0 radical (unpaired) electrons. The highest BCUT2D eigenvalue weighted by Gasteiger charge is 2.44. The predicted molar refractivity (Wildman–Crippen MR) is 89.0 cm³/mol. The molecule has 3 rings (SSSR count). The largest absolute Gasteiger partial charge is 0.368 e. The highest BCUT2D eigenvalue weighted by molar-refractivity contribution is 7.90. The van der Waals surface area contributed by atoms with Gasteiger partial charge in [0.2, 0.25) is 5.91 Å². The summed E-state index contributed by atoms with van der Waals surface area (Å²) >= 11 is 0. The van der Waals surface area contributed by atoms with Crippen molar-refractivity contribution in [3.63, 3.8) is 0 Å². The first-order chi connectivity index (χ1) is 10.8. The van der Waals surface area contributed by atoms with Gasteiger partial charge in [-0.2, -0.15) is 12.7 Å². The first-order valence-electron chi connectivity index (χ1n) is 7.97. The van der Waals surface area contributed by atoms with Gasteiger partial charge in [0.25, 0.3) is 0 Å². The molecule has 2 aliphatic rings. The fourth-order valence-electron chi connectivity index (χ4n) is 3.78. The molecule has 2 N–H and O–H groups in total. The monoisotopic (exact) mass is 337 g/mol. The van der Waals surface area contributed by atoms with E-state index in [0.717, 1.165) is 12.0 Å². The number of amides is 1. The van der Waals surface area contributed by atoms with Gasteiger partial charge in [0.15, 0.2) is 0 Å². The zero-order valence-corrected chi connectivity index (χ0v) is 14.3. The number of carbonyl (C=O) groups excluding carboxylic acids is 1. The van der Waals surface area contributed by atoms with E-state index in [1.807, 2.05) is 12.1 Å². The molecule has 126 valence electrons. The van der Waals surface area contributed by atoms with E-state index in [9.17, 15) is 13.2 Å². The number of nitrogens with two attached hydrogens (primary N) is 1. The van der Waals surface area contributed by atoms with Gasteiger partial charge in [0.1, 0.15) is 6.04 Å². The van der Waals surface area contributed by atoms with E-state index < -0.39 is 22.2 Å². The van der Waals surface area contributed by atoms with Crippen LogP contribution in [-0.4, -0.2) is 37.8 Å². The van der Waals surface area contributed by atoms with E-state index in [1.165, 1.54) is 8.61 Å². The highest BCUT2D eigenvalue weighted by Crippen LogP contribution is 2.36. The van der Waals surface area contributed by atoms with Crippen molar-refractivity contribution in [1.29, 1.82) is 0 Å². The number of primary amides is 1. The number of hydrogen-bond donors (Lipinski definition) is 1. The van der Waals surface area contributed by atoms with Crippen LogP contribution in [0.15, 0.2) is 24.3 Å². The minimum Gasteiger partial charge on any atom is -0.368 e. The summed E-state index contributed by atoms with van der Waals surface area (Å²) in [4.78, 5) is 11.8. The van der Waals surface area contributed by atoms with Crippen LogP contribution in [0.4, 0.5) is 5.69 Å². The fraction of sp³-hybridized carbons (Fsp3) is 0.562. The van der Waals surface area contributed by atoms with Crippen LogP contribution in [0.3, 0.4) is 0 Å². The topological polar surface area (TPSA) is 83.7 Å². The molecular weight excluding hydrogens is 314 g/mol. The summed E-state index contributed by atoms with van der Waals surface area (Å²) in [7, 11) is -3.77. The summed E-state index contributed by atoms with van der Waals surface area (Å²) in [6.45, 7) is 5.08. The molecule has 1 amide bonds. The van der Waals surface area contributed by atoms with Gasteiger partial charge < -0.3 is 5.73 Å². The molecule has 1 aromatic rings. The van der Waals surface area contributed by atoms with Crippen LogP contribution in [0.25, 0.3) is 0 Å². The molecule has 3 atom stereocenters. The van der Waals surface area contributed by atoms with Crippen molar-refractivity contribution in [3.8, 4) is 0 Å². The van der Waals surface area contributed by atoms with Crippen molar-refractivity contribution < 1.29 is 13.2 Å². The number of nitrogens with zero attached hydrogens (tertiary/aromatic N) is 2. The molecule has 2 unspecified atom stereocenters. The highest BCUT2D eigenvalue weighted by atomic mass is 32.2. The molecule has 6 nitrogen and oxygen atoms in total. The lowest BCUT2D eigenvalue weighted by Crippen LogP contribution is -2.54.